The van der Waals surface area contributed by atoms with E-state index in [4.69, 9.17) is 9.57 Å². The number of carbonyl (C=O) groups is 3. The fraction of sp³-hybridized carbons (Fsp3) is 0.320. The normalized spacial score (nSPS) is 15.3. The summed E-state index contributed by atoms with van der Waals surface area (Å²) in [4.78, 5) is 45.3. The van der Waals surface area contributed by atoms with E-state index in [1.165, 1.54) is 31.2 Å². The predicted molar refractivity (Wildman–Crippen MR) is 132 cm³/mol. The first-order chi connectivity index (χ1) is 17.9. The van der Waals surface area contributed by atoms with Crippen LogP contribution in [-0.2, 0) is 23.9 Å². The molecule has 3 heterocycles. The number of amides is 2. The Hall–Kier alpha value is -4.48. The van der Waals surface area contributed by atoms with Crippen LogP contribution in [0.4, 0.5) is 14.9 Å². The Morgan fingerprint density at radius 1 is 1.32 bits per heavy atom. The van der Waals surface area contributed by atoms with E-state index in [2.05, 4.69) is 20.2 Å². The van der Waals surface area contributed by atoms with Crippen LogP contribution < -0.4 is 10.2 Å². The molecule has 12 heteroatoms. The number of benzene rings is 1. The Bertz CT molecular complexity index is 1340. The first kappa shape index (κ1) is 25.6. The quantitative estimate of drug-likeness (QED) is 0.192. The van der Waals surface area contributed by atoms with Gasteiger partial charge in [-0.2, -0.15) is 0 Å². The van der Waals surface area contributed by atoms with E-state index in [0.29, 0.717) is 34.6 Å². The number of hydrogen-bond donors (Lipinski definition) is 1. The summed E-state index contributed by atoms with van der Waals surface area (Å²) in [6, 6.07) is 8.00. The van der Waals surface area contributed by atoms with Crippen molar-refractivity contribution in [2.45, 2.75) is 25.9 Å². The maximum atomic E-state index is 15.1. The van der Waals surface area contributed by atoms with E-state index in [1.807, 2.05) is 0 Å². The van der Waals surface area contributed by atoms with Crippen molar-refractivity contribution in [3.63, 3.8) is 0 Å². The smallest absolute Gasteiger partial charge is 0.414 e. The van der Waals surface area contributed by atoms with Gasteiger partial charge in [-0.1, -0.05) is 5.16 Å². The number of hydrogen-bond acceptors (Lipinski definition) is 8. The molecule has 1 N–H and O–H groups in total. The molecule has 0 spiro atoms. The molecule has 194 valence electrons. The minimum atomic E-state index is -0.594. The lowest BCUT2D eigenvalue weighted by Crippen LogP contribution is -2.33. The summed E-state index contributed by atoms with van der Waals surface area (Å²) in [5, 5.41) is 6.51. The lowest BCUT2D eigenvalue weighted by molar-refractivity contribution is -0.141. The van der Waals surface area contributed by atoms with Crippen molar-refractivity contribution >= 4 is 35.5 Å². The molecule has 1 aliphatic rings. The summed E-state index contributed by atoms with van der Waals surface area (Å²) in [7, 11) is 1.33. The second-order valence-corrected chi connectivity index (χ2v) is 8.29. The van der Waals surface area contributed by atoms with Crippen molar-refractivity contribution in [2.75, 3.05) is 31.7 Å². The maximum Gasteiger partial charge on any atom is 0.414 e. The highest BCUT2D eigenvalue weighted by molar-refractivity contribution is 5.90. The van der Waals surface area contributed by atoms with Crippen molar-refractivity contribution < 1.29 is 33.1 Å². The zero-order valence-electron chi connectivity index (χ0n) is 20.3. The number of imidazole rings is 1. The Morgan fingerprint density at radius 3 is 2.92 bits per heavy atom. The molecule has 1 fully saturated rings. The van der Waals surface area contributed by atoms with Gasteiger partial charge in [-0.3, -0.25) is 18.9 Å². The molecule has 1 atom stereocenters. The Kier molecular flexibility index (Phi) is 7.96. The SMILES string of the molecule is COC(=O)CCCO/N=C\c1cnc2cc(-c3ccc(N4C[C@H](CNC(C)=O)OC4=O)cc3F)ccn12. The highest BCUT2D eigenvalue weighted by Gasteiger charge is 2.32. The number of pyridine rings is 1. The van der Waals surface area contributed by atoms with E-state index in [0.717, 1.165) is 0 Å². The number of aromatic nitrogens is 2. The second kappa shape index (κ2) is 11.5. The van der Waals surface area contributed by atoms with Crippen molar-refractivity contribution in [3.05, 3.63) is 54.2 Å². The number of methoxy groups -OCH3 is 1. The number of ether oxygens (including phenoxy) is 2. The van der Waals surface area contributed by atoms with E-state index in [-0.39, 0.29) is 38.0 Å². The van der Waals surface area contributed by atoms with Gasteiger partial charge < -0.3 is 19.6 Å². The number of nitrogens with zero attached hydrogens (tertiary/aromatic N) is 4. The largest absolute Gasteiger partial charge is 0.469 e. The molecule has 0 saturated carbocycles. The lowest BCUT2D eigenvalue weighted by atomic mass is 10.1. The molecule has 0 unspecified atom stereocenters. The fourth-order valence-corrected chi connectivity index (χ4v) is 3.79. The van der Waals surface area contributed by atoms with Gasteiger partial charge >= 0.3 is 12.1 Å². The number of anilines is 1. The summed E-state index contributed by atoms with van der Waals surface area (Å²) in [6.07, 6.45) is 4.49. The average molecular weight is 512 g/mol. The number of carbonyl (C=O) groups excluding carboxylic acids is 3. The van der Waals surface area contributed by atoms with E-state index in [9.17, 15) is 14.4 Å². The van der Waals surface area contributed by atoms with Crippen LogP contribution in [0, 0.1) is 5.82 Å². The van der Waals surface area contributed by atoms with Crippen LogP contribution in [0.1, 0.15) is 25.5 Å². The van der Waals surface area contributed by atoms with Crippen molar-refractivity contribution in [1.82, 2.24) is 14.7 Å². The Morgan fingerprint density at radius 2 is 2.16 bits per heavy atom. The van der Waals surface area contributed by atoms with E-state index >= 15 is 4.39 Å². The van der Waals surface area contributed by atoms with Gasteiger partial charge in [0.05, 0.1) is 44.0 Å². The van der Waals surface area contributed by atoms with Crippen molar-refractivity contribution in [1.29, 1.82) is 0 Å². The molecule has 1 saturated heterocycles. The molecule has 4 rings (SSSR count). The molecule has 2 amide bonds. The van der Waals surface area contributed by atoms with Crippen LogP contribution in [0.25, 0.3) is 16.8 Å². The van der Waals surface area contributed by atoms with Gasteiger partial charge in [-0.05, 0) is 42.3 Å². The number of fused-ring (bicyclic) bond motifs is 1. The Balaban J connectivity index is 1.42. The van der Waals surface area contributed by atoms with Gasteiger partial charge in [0.15, 0.2) is 0 Å². The zero-order valence-corrected chi connectivity index (χ0v) is 20.3. The monoisotopic (exact) mass is 511 g/mol. The molecular weight excluding hydrogens is 485 g/mol. The number of rotatable bonds is 10. The summed E-state index contributed by atoms with van der Waals surface area (Å²) >= 11 is 0. The van der Waals surface area contributed by atoms with Crippen LogP contribution in [0.2, 0.25) is 0 Å². The summed E-state index contributed by atoms with van der Waals surface area (Å²) in [5.41, 5.74) is 2.56. The molecule has 3 aromatic rings. The van der Waals surface area contributed by atoms with Crippen LogP contribution in [-0.4, -0.2) is 66.5 Å². The minimum Gasteiger partial charge on any atom is -0.469 e. The highest BCUT2D eigenvalue weighted by atomic mass is 19.1. The lowest BCUT2D eigenvalue weighted by Gasteiger charge is -2.14. The van der Waals surface area contributed by atoms with Crippen LogP contribution in [0.15, 0.2) is 47.9 Å². The van der Waals surface area contributed by atoms with Crippen LogP contribution >= 0.6 is 0 Å². The second-order valence-electron chi connectivity index (χ2n) is 8.29. The van der Waals surface area contributed by atoms with Crippen LogP contribution in [0.3, 0.4) is 0 Å². The molecule has 0 bridgehead atoms. The molecule has 0 radical (unpaired) electrons. The van der Waals surface area contributed by atoms with Gasteiger partial charge in [-0.25, -0.2) is 14.2 Å². The first-order valence-corrected chi connectivity index (χ1v) is 11.6. The number of oxime groups is 1. The molecule has 11 nitrogen and oxygen atoms in total. The van der Waals surface area contributed by atoms with E-state index < -0.39 is 18.0 Å². The number of esters is 1. The minimum absolute atomic E-state index is 0.191. The van der Waals surface area contributed by atoms with Gasteiger partial charge in [0.1, 0.15) is 24.2 Å². The van der Waals surface area contributed by atoms with Crippen molar-refractivity contribution in [3.8, 4) is 11.1 Å². The van der Waals surface area contributed by atoms with Crippen molar-refractivity contribution in [2.24, 2.45) is 5.16 Å². The molecule has 0 aliphatic carbocycles. The molecule has 37 heavy (non-hydrogen) atoms. The molecule has 1 aliphatic heterocycles. The number of halogens is 1. The van der Waals surface area contributed by atoms with E-state index in [1.54, 1.807) is 41.1 Å². The maximum absolute atomic E-state index is 15.1. The third kappa shape index (κ3) is 6.21. The highest BCUT2D eigenvalue weighted by Crippen LogP contribution is 2.29. The number of nitrogens with one attached hydrogen (secondary N) is 1. The summed E-state index contributed by atoms with van der Waals surface area (Å²) < 4.78 is 26.7. The topological polar surface area (TPSA) is 124 Å². The van der Waals surface area contributed by atoms with Gasteiger partial charge in [0, 0.05) is 25.1 Å². The Labute approximate surface area is 211 Å². The predicted octanol–water partition coefficient (Wildman–Crippen LogP) is 2.91. The van der Waals surface area contributed by atoms with Gasteiger partial charge in [0.25, 0.3) is 0 Å². The number of cyclic esters (lactones) is 1. The summed E-state index contributed by atoms with van der Waals surface area (Å²) in [6.45, 7) is 2.05. The third-order valence-electron chi connectivity index (χ3n) is 5.67. The average Bonchev–Trinajstić information content (AvgIpc) is 3.47. The van der Waals surface area contributed by atoms with Crippen LogP contribution in [0.5, 0.6) is 0 Å². The van der Waals surface area contributed by atoms with Gasteiger partial charge in [0.2, 0.25) is 5.91 Å². The third-order valence-corrected chi connectivity index (χ3v) is 5.67. The summed E-state index contributed by atoms with van der Waals surface area (Å²) in [5.74, 6) is -1.03. The molecule has 2 aromatic heterocycles. The fourth-order valence-electron chi connectivity index (χ4n) is 3.79. The molecule has 1 aromatic carbocycles. The standard InChI is InChI=1S/C25H26FN5O6/c1-16(32)27-14-20-15-31(25(34)37-20)18-5-6-21(22(26)11-18)17-7-8-30-19(12-28-23(30)10-17)13-29-36-9-3-4-24(33)35-2/h5-8,10-13,20H,3-4,9,14-15H2,1-2H3,(H,27,32)/b29-13-/t20-/m0/s1. The zero-order chi connectivity index (χ0) is 26.4. The van der Waals surface area contributed by atoms with Gasteiger partial charge in [-0.15, -0.1) is 0 Å². The first-order valence-electron chi connectivity index (χ1n) is 11.6. The molecular formula is C25H26FN5O6.